The predicted molar refractivity (Wildman–Crippen MR) is 37.7 cm³/mol. The Morgan fingerprint density at radius 2 is 1.43 bits per heavy atom. The van der Waals surface area contributed by atoms with Gasteiger partial charge < -0.3 is 20.4 Å². The first-order valence-corrected chi connectivity index (χ1v) is 3.50. The Labute approximate surface area is 123 Å². The topological polar surface area (TPSA) is 80.9 Å². The van der Waals surface area contributed by atoms with Crippen molar-refractivity contribution in [2.75, 3.05) is 6.61 Å². The summed E-state index contributed by atoms with van der Waals surface area (Å²) in [7, 11) is 0. The molecule has 0 aromatic heterocycles. The van der Waals surface area contributed by atoms with E-state index < -0.39 is 24.2 Å². The van der Waals surface area contributed by atoms with Gasteiger partial charge in [-0.15, -0.1) is 0 Å². The molecule has 0 bridgehead atoms. The van der Waals surface area contributed by atoms with Crippen LogP contribution in [0.3, 0.4) is 0 Å². The minimum atomic E-state index is -1.18. The maximum absolute atomic E-state index is 9.19. The van der Waals surface area contributed by atoms with Gasteiger partial charge in [0.05, 0.1) is 12.7 Å². The van der Waals surface area contributed by atoms with Crippen LogP contribution in [0.25, 0.3) is 0 Å². The summed E-state index contributed by atoms with van der Waals surface area (Å²) < 4.78 is 0. The fourth-order valence-corrected chi connectivity index (χ4v) is 1.11. The van der Waals surface area contributed by atoms with Crippen molar-refractivity contribution in [1.29, 1.82) is 0 Å². The molecule has 1 radical (unpaired) electrons. The summed E-state index contributed by atoms with van der Waals surface area (Å²) in [5.41, 5.74) is 0. The van der Waals surface area contributed by atoms with E-state index in [-0.39, 0.29) is 67.3 Å². The van der Waals surface area contributed by atoms with Gasteiger partial charge in [-0.05, 0) is 0 Å². The quantitative estimate of drug-likeness (QED) is 0.278. The summed E-state index contributed by atoms with van der Waals surface area (Å²) >= 11 is 0. The van der Waals surface area contributed by atoms with Crippen molar-refractivity contribution in [3.63, 3.8) is 0 Å². The zero-order chi connectivity index (χ0) is 8.43. The molecule has 14 heavy (non-hydrogen) atoms. The maximum atomic E-state index is 9.19. The Balaban J connectivity index is -0.000000403. The van der Waals surface area contributed by atoms with Crippen LogP contribution in [0, 0.1) is 5.92 Å². The Morgan fingerprint density at radius 3 is 1.86 bits per heavy atom. The Kier molecular flexibility index (Phi) is 14.5. The first kappa shape index (κ1) is 20.9. The number of rotatable bonds is 1. The van der Waals surface area contributed by atoms with Gasteiger partial charge in [0.2, 0.25) is 0 Å². The zero-order valence-corrected chi connectivity index (χ0v) is 14.5. The van der Waals surface area contributed by atoms with Crippen LogP contribution >= 0.6 is 0 Å². The summed E-state index contributed by atoms with van der Waals surface area (Å²) in [4.78, 5) is 0. The normalized spacial score (nSPS) is 34.9. The smallest absolute Gasteiger partial charge is 0.110 e. The van der Waals surface area contributed by atoms with Crippen molar-refractivity contribution >= 4 is 0 Å². The fraction of sp³-hybridized carbons (Fsp3) is 0.714. The van der Waals surface area contributed by atoms with Gasteiger partial charge in [-0.3, -0.25) is 0 Å². The van der Waals surface area contributed by atoms with E-state index in [1.165, 1.54) is 12.2 Å². The molecule has 1 aliphatic rings. The van der Waals surface area contributed by atoms with E-state index in [0.29, 0.717) is 0 Å². The summed E-state index contributed by atoms with van der Waals surface area (Å²) in [6.45, 7) is -0.221. The van der Waals surface area contributed by atoms with Crippen molar-refractivity contribution in [1.82, 2.24) is 0 Å². The molecule has 1 rings (SSSR count). The molecule has 4 atom stereocenters. The van der Waals surface area contributed by atoms with E-state index >= 15 is 0 Å². The molecule has 0 saturated carbocycles. The van der Waals surface area contributed by atoms with E-state index in [0.717, 1.165) is 0 Å². The van der Waals surface area contributed by atoms with Crippen LogP contribution in [0.4, 0.5) is 0 Å². The van der Waals surface area contributed by atoms with Crippen LogP contribution in [-0.4, -0.2) is 45.3 Å². The SMILES string of the molecule is OCC1C=C[C@@H](O)C(O)C1O.[V].[W].[W]. The van der Waals surface area contributed by atoms with Gasteiger partial charge in [-0.1, -0.05) is 12.2 Å². The molecule has 0 aliphatic heterocycles. The second kappa shape index (κ2) is 9.74. The molecular weight excluding hydrogens is 567 g/mol. The summed E-state index contributed by atoms with van der Waals surface area (Å²) in [6.07, 6.45) is -0.398. The van der Waals surface area contributed by atoms with E-state index in [1.54, 1.807) is 0 Å². The Morgan fingerprint density at radius 1 is 0.929 bits per heavy atom. The monoisotopic (exact) mass is 579 g/mol. The molecule has 0 saturated heterocycles. The van der Waals surface area contributed by atoms with E-state index in [9.17, 15) is 5.11 Å². The summed E-state index contributed by atoms with van der Waals surface area (Å²) in [5, 5.41) is 35.9. The molecule has 7 heteroatoms. The Bertz CT molecular complexity index is 170. The molecule has 0 aromatic carbocycles. The number of hydrogen-bond donors (Lipinski definition) is 4. The number of hydrogen-bond acceptors (Lipinski definition) is 4. The minimum absolute atomic E-state index is 0. The minimum Gasteiger partial charge on any atom is -0.396 e. The van der Waals surface area contributed by atoms with E-state index in [1.807, 2.05) is 0 Å². The molecule has 0 aromatic rings. The van der Waals surface area contributed by atoms with Crippen LogP contribution in [0.2, 0.25) is 0 Å². The second-order valence-corrected chi connectivity index (χ2v) is 2.70. The Hall–Kier alpha value is 1.54. The van der Waals surface area contributed by atoms with Crippen molar-refractivity contribution in [2.24, 2.45) is 5.92 Å². The molecule has 0 amide bonds. The summed E-state index contributed by atoms with van der Waals surface area (Å²) in [6, 6.07) is 0. The third kappa shape index (κ3) is 5.05. The summed E-state index contributed by atoms with van der Waals surface area (Å²) in [5.74, 6) is -0.464. The predicted octanol–water partition coefficient (Wildman–Crippen LogP) is -1.76. The molecule has 81 valence electrons. The van der Waals surface area contributed by atoms with Crippen molar-refractivity contribution in [3.05, 3.63) is 12.2 Å². The standard InChI is InChI=1S/C7H12O4.V.2W/c8-3-4-1-2-5(9)7(11)6(4)10;;;/h1-2,4-11H,3H2;;;/t4?,5-,6?,7?;;;/m1.../s1. The van der Waals surface area contributed by atoms with Gasteiger partial charge in [0.25, 0.3) is 0 Å². The van der Waals surface area contributed by atoms with Gasteiger partial charge in [-0.25, -0.2) is 0 Å². The number of aliphatic hydroxyl groups is 4. The molecular formula is C7H12O4VW2. The van der Waals surface area contributed by atoms with Crippen LogP contribution in [-0.2, 0) is 60.7 Å². The van der Waals surface area contributed by atoms with Gasteiger partial charge in [0, 0.05) is 66.6 Å². The third-order valence-corrected chi connectivity index (χ3v) is 1.90. The van der Waals surface area contributed by atoms with Crippen molar-refractivity contribution < 1.29 is 81.1 Å². The fourth-order valence-electron chi connectivity index (χ4n) is 1.11. The third-order valence-electron chi connectivity index (χ3n) is 1.90. The average molecular weight is 579 g/mol. The van der Waals surface area contributed by atoms with Crippen LogP contribution in [0.5, 0.6) is 0 Å². The maximum Gasteiger partial charge on any atom is 0.110 e. The molecule has 0 heterocycles. The van der Waals surface area contributed by atoms with Crippen molar-refractivity contribution in [3.8, 4) is 0 Å². The van der Waals surface area contributed by atoms with Crippen LogP contribution in [0.15, 0.2) is 12.2 Å². The molecule has 4 N–H and O–H groups in total. The first-order valence-electron chi connectivity index (χ1n) is 3.50. The molecule has 3 unspecified atom stereocenters. The van der Waals surface area contributed by atoms with Gasteiger partial charge >= 0.3 is 0 Å². The van der Waals surface area contributed by atoms with Gasteiger partial charge in [0.15, 0.2) is 0 Å². The molecule has 0 fully saturated rings. The van der Waals surface area contributed by atoms with Crippen molar-refractivity contribution in [2.45, 2.75) is 18.3 Å². The largest absolute Gasteiger partial charge is 0.396 e. The van der Waals surface area contributed by atoms with E-state index in [2.05, 4.69) is 0 Å². The van der Waals surface area contributed by atoms with E-state index in [4.69, 9.17) is 15.3 Å². The van der Waals surface area contributed by atoms with Gasteiger partial charge in [0.1, 0.15) is 12.2 Å². The zero-order valence-electron chi connectivity index (χ0n) is 7.22. The second-order valence-electron chi connectivity index (χ2n) is 2.70. The number of aliphatic hydroxyl groups excluding tert-OH is 4. The van der Waals surface area contributed by atoms with Crippen LogP contribution in [0.1, 0.15) is 0 Å². The van der Waals surface area contributed by atoms with Crippen LogP contribution < -0.4 is 0 Å². The first-order chi connectivity index (χ1) is 5.16. The molecule has 1 aliphatic carbocycles. The molecule has 4 nitrogen and oxygen atoms in total. The molecule has 0 spiro atoms. The van der Waals surface area contributed by atoms with Gasteiger partial charge in [-0.2, -0.15) is 0 Å². The average Bonchev–Trinajstić information content (AvgIpc) is 2.01.